The van der Waals surface area contributed by atoms with Crippen LogP contribution in [0.1, 0.15) is 48.5 Å². The van der Waals surface area contributed by atoms with Gasteiger partial charge in [0.2, 0.25) is 15.9 Å². The van der Waals surface area contributed by atoms with E-state index in [1.165, 1.54) is 9.87 Å². The molecule has 0 radical (unpaired) electrons. The maximum absolute atomic E-state index is 13.0. The van der Waals surface area contributed by atoms with Crippen LogP contribution in [0, 0.1) is 5.92 Å². The van der Waals surface area contributed by atoms with Crippen LogP contribution in [-0.4, -0.2) is 49.9 Å². The van der Waals surface area contributed by atoms with Gasteiger partial charge in [-0.25, -0.2) is 12.7 Å². The molecule has 2 aromatic rings. The summed E-state index contributed by atoms with van der Waals surface area (Å²) in [6.07, 6.45) is 3.39. The first-order valence-corrected chi connectivity index (χ1v) is 13.3. The number of para-hydroxylation sites is 1. The van der Waals surface area contributed by atoms with Crippen LogP contribution in [0.2, 0.25) is 0 Å². The van der Waals surface area contributed by atoms with Crippen LogP contribution >= 0.6 is 0 Å². The molecule has 176 valence electrons. The highest BCUT2D eigenvalue weighted by Gasteiger charge is 2.31. The number of hydrogen-bond donors (Lipinski definition) is 1. The van der Waals surface area contributed by atoms with E-state index in [1.807, 2.05) is 31.2 Å². The van der Waals surface area contributed by atoms with Crippen molar-refractivity contribution in [2.45, 2.75) is 39.0 Å². The average Bonchev–Trinajstić information content (AvgIpc) is 3.27. The number of amides is 2. The number of nitrogens with one attached hydrogen (secondary N) is 1. The quantitative estimate of drug-likeness (QED) is 0.670. The molecule has 2 aromatic carbocycles. The molecule has 0 spiro atoms. The Hall–Kier alpha value is -2.71. The zero-order valence-electron chi connectivity index (χ0n) is 19.0. The fourth-order valence-corrected chi connectivity index (χ4v) is 6.18. The van der Waals surface area contributed by atoms with Gasteiger partial charge in [0.05, 0.1) is 5.75 Å². The molecule has 2 amide bonds. The van der Waals surface area contributed by atoms with Crippen molar-refractivity contribution in [3.05, 3.63) is 59.7 Å². The van der Waals surface area contributed by atoms with E-state index < -0.39 is 10.0 Å². The Morgan fingerprint density at radius 3 is 2.39 bits per heavy atom. The van der Waals surface area contributed by atoms with Gasteiger partial charge in [0.1, 0.15) is 0 Å². The van der Waals surface area contributed by atoms with Crippen LogP contribution in [0.3, 0.4) is 0 Å². The molecule has 0 aliphatic carbocycles. The minimum absolute atomic E-state index is 0.0468. The molecule has 2 heterocycles. The van der Waals surface area contributed by atoms with E-state index in [1.54, 1.807) is 29.2 Å². The van der Waals surface area contributed by atoms with Crippen LogP contribution in [0.5, 0.6) is 0 Å². The van der Waals surface area contributed by atoms with Gasteiger partial charge in [-0.05, 0) is 61.6 Å². The van der Waals surface area contributed by atoms with Gasteiger partial charge in [-0.3, -0.25) is 9.59 Å². The largest absolute Gasteiger partial charge is 0.326 e. The molecule has 0 unspecified atom stereocenters. The number of piperidine rings is 1. The lowest BCUT2D eigenvalue weighted by Gasteiger charge is -2.30. The number of sulfonamides is 1. The van der Waals surface area contributed by atoms with Crippen LogP contribution < -0.4 is 10.2 Å². The van der Waals surface area contributed by atoms with Crippen LogP contribution in [-0.2, 0) is 21.2 Å². The fourth-order valence-electron chi connectivity index (χ4n) is 4.50. The third-order valence-corrected chi connectivity index (χ3v) is 8.46. The molecule has 0 bridgehead atoms. The molecule has 1 fully saturated rings. The Morgan fingerprint density at radius 2 is 1.70 bits per heavy atom. The van der Waals surface area contributed by atoms with Crippen LogP contribution in [0.25, 0.3) is 0 Å². The predicted octanol–water partition coefficient (Wildman–Crippen LogP) is 3.67. The molecule has 0 atom stereocenters. The monoisotopic (exact) mass is 469 g/mol. The topological polar surface area (TPSA) is 86.8 Å². The Labute approximate surface area is 195 Å². The number of nitrogens with zero attached hydrogens (tertiary/aromatic N) is 2. The number of benzene rings is 2. The van der Waals surface area contributed by atoms with E-state index in [9.17, 15) is 18.0 Å². The molecule has 1 saturated heterocycles. The van der Waals surface area contributed by atoms with E-state index in [2.05, 4.69) is 5.32 Å². The lowest BCUT2D eigenvalue weighted by atomic mass is 9.97. The van der Waals surface area contributed by atoms with E-state index in [4.69, 9.17) is 0 Å². The van der Waals surface area contributed by atoms with Crippen molar-refractivity contribution in [3.8, 4) is 0 Å². The average molecular weight is 470 g/mol. The molecule has 8 heteroatoms. The fraction of sp³-hybridized carbons (Fsp3) is 0.440. The van der Waals surface area contributed by atoms with Gasteiger partial charge >= 0.3 is 0 Å². The van der Waals surface area contributed by atoms with Crippen molar-refractivity contribution in [2.75, 3.05) is 35.6 Å². The maximum atomic E-state index is 13.0. The maximum Gasteiger partial charge on any atom is 0.258 e. The van der Waals surface area contributed by atoms with Gasteiger partial charge in [-0.1, -0.05) is 31.5 Å². The summed E-state index contributed by atoms with van der Waals surface area (Å²) < 4.78 is 26.2. The van der Waals surface area contributed by atoms with Crippen LogP contribution in [0.4, 0.5) is 11.4 Å². The van der Waals surface area contributed by atoms with Crippen molar-refractivity contribution < 1.29 is 18.0 Å². The molecule has 4 rings (SSSR count). The Balaban J connectivity index is 1.32. The first-order chi connectivity index (χ1) is 15.9. The third kappa shape index (κ3) is 5.28. The first-order valence-electron chi connectivity index (χ1n) is 11.7. The summed E-state index contributed by atoms with van der Waals surface area (Å²) in [4.78, 5) is 27.5. The number of fused-ring (bicyclic) bond motifs is 1. The molecule has 7 nitrogen and oxygen atoms in total. The first kappa shape index (κ1) is 23.4. The van der Waals surface area contributed by atoms with E-state index in [0.717, 1.165) is 18.5 Å². The van der Waals surface area contributed by atoms with Crippen LogP contribution in [0.15, 0.2) is 48.5 Å². The summed E-state index contributed by atoms with van der Waals surface area (Å²) in [6, 6.07) is 14.9. The summed E-state index contributed by atoms with van der Waals surface area (Å²) in [5.74, 6) is -0.193. The van der Waals surface area contributed by atoms with E-state index in [-0.39, 0.29) is 23.5 Å². The molecule has 0 aromatic heterocycles. The van der Waals surface area contributed by atoms with Gasteiger partial charge in [-0.15, -0.1) is 0 Å². The van der Waals surface area contributed by atoms with Gasteiger partial charge < -0.3 is 10.2 Å². The number of anilines is 2. The summed E-state index contributed by atoms with van der Waals surface area (Å²) in [7, 11) is -3.23. The van der Waals surface area contributed by atoms with Gasteiger partial charge in [-0.2, -0.15) is 0 Å². The highest BCUT2D eigenvalue weighted by atomic mass is 32.2. The zero-order valence-corrected chi connectivity index (χ0v) is 19.8. The second kappa shape index (κ2) is 10.1. The Kier molecular flexibility index (Phi) is 7.14. The Bertz CT molecular complexity index is 1110. The third-order valence-electron chi connectivity index (χ3n) is 6.51. The SMILES string of the molecule is CCCCS(=O)(=O)N1CCC(C(=O)Nc2ccc(C(=O)N3CCc4ccccc43)cc2)CC1. The van der Waals surface area contributed by atoms with Gasteiger partial charge in [0.15, 0.2) is 0 Å². The number of carbonyl (C=O) groups is 2. The summed E-state index contributed by atoms with van der Waals surface area (Å²) in [6.45, 7) is 3.41. The molecule has 1 N–H and O–H groups in total. The second-order valence-corrected chi connectivity index (χ2v) is 10.8. The molecule has 33 heavy (non-hydrogen) atoms. The molecular formula is C25H31N3O4S. The molecule has 0 saturated carbocycles. The predicted molar refractivity (Wildman–Crippen MR) is 130 cm³/mol. The van der Waals surface area contributed by atoms with Gasteiger partial charge in [0.25, 0.3) is 5.91 Å². The van der Waals surface area contributed by atoms with E-state index in [0.29, 0.717) is 50.1 Å². The zero-order chi connectivity index (χ0) is 23.4. The highest BCUT2D eigenvalue weighted by molar-refractivity contribution is 7.89. The lowest BCUT2D eigenvalue weighted by molar-refractivity contribution is -0.120. The minimum Gasteiger partial charge on any atom is -0.326 e. The summed E-state index contributed by atoms with van der Waals surface area (Å²) in [5, 5.41) is 2.92. The highest BCUT2D eigenvalue weighted by Crippen LogP contribution is 2.29. The van der Waals surface area contributed by atoms with Crippen molar-refractivity contribution in [3.63, 3.8) is 0 Å². The number of carbonyl (C=O) groups excluding carboxylic acids is 2. The number of rotatable bonds is 7. The molecular weight excluding hydrogens is 438 g/mol. The minimum atomic E-state index is -3.23. The standard InChI is InChI=1S/C25H31N3O4S/c1-2-3-18-33(31,32)27-15-12-20(13-16-27)24(29)26-22-10-8-21(9-11-22)25(30)28-17-14-19-6-4-5-7-23(19)28/h4-11,20H,2-3,12-18H2,1H3,(H,26,29). The van der Waals surface area contributed by atoms with Crippen molar-refractivity contribution in [2.24, 2.45) is 5.92 Å². The molecule has 2 aliphatic rings. The summed E-state index contributed by atoms with van der Waals surface area (Å²) in [5.41, 5.74) is 3.36. The van der Waals surface area contributed by atoms with E-state index >= 15 is 0 Å². The Morgan fingerprint density at radius 1 is 1.00 bits per heavy atom. The lowest BCUT2D eigenvalue weighted by Crippen LogP contribution is -2.42. The molecule has 2 aliphatic heterocycles. The number of unbranched alkanes of at least 4 members (excludes halogenated alkanes) is 1. The normalized spacial score (nSPS) is 17.1. The summed E-state index contributed by atoms with van der Waals surface area (Å²) >= 11 is 0. The van der Waals surface area contributed by atoms with Crippen molar-refractivity contribution in [1.29, 1.82) is 0 Å². The van der Waals surface area contributed by atoms with Crippen molar-refractivity contribution >= 4 is 33.2 Å². The van der Waals surface area contributed by atoms with Gasteiger partial charge in [0, 0.05) is 42.5 Å². The smallest absolute Gasteiger partial charge is 0.258 e. The number of hydrogen-bond acceptors (Lipinski definition) is 4. The second-order valence-electron chi connectivity index (χ2n) is 8.74. The van der Waals surface area contributed by atoms with Crippen molar-refractivity contribution in [1.82, 2.24) is 4.31 Å².